The van der Waals surface area contributed by atoms with Gasteiger partial charge in [0.05, 0.1) is 0 Å². The van der Waals surface area contributed by atoms with Crippen LogP contribution < -0.4 is 0 Å². The molecule has 0 nitrogen and oxygen atoms in total. The molecule has 0 unspecified atom stereocenters. The Labute approximate surface area is 273 Å². The third-order valence-electron chi connectivity index (χ3n) is 9.65. The molecule has 0 amide bonds. The zero-order chi connectivity index (χ0) is 31.2. The molecule has 0 atom stereocenters. The summed E-state index contributed by atoms with van der Waals surface area (Å²) in [5.41, 5.74) is 11.5. The molecule has 3 aromatic rings. The van der Waals surface area contributed by atoms with Crippen LogP contribution in [0.2, 0.25) is 0 Å². The summed E-state index contributed by atoms with van der Waals surface area (Å²) in [6.07, 6.45) is 30.1. The van der Waals surface area contributed by atoms with Gasteiger partial charge in [-0.1, -0.05) is 201 Å². The molecule has 0 aliphatic rings. The van der Waals surface area contributed by atoms with Crippen molar-refractivity contribution in [3.63, 3.8) is 0 Å². The molecular formula is C44H66. The van der Waals surface area contributed by atoms with Crippen molar-refractivity contribution in [3.05, 3.63) is 82.9 Å². The van der Waals surface area contributed by atoms with Crippen molar-refractivity contribution in [2.45, 2.75) is 169 Å². The van der Waals surface area contributed by atoms with Crippen molar-refractivity contribution < 1.29 is 0 Å². The van der Waals surface area contributed by atoms with Crippen LogP contribution >= 0.6 is 0 Å². The average molecular weight is 595 g/mol. The fourth-order valence-corrected chi connectivity index (χ4v) is 6.71. The number of hydrogen-bond donors (Lipinski definition) is 0. The summed E-state index contributed by atoms with van der Waals surface area (Å²) in [7, 11) is 0. The molecule has 3 aromatic carbocycles. The van der Waals surface area contributed by atoms with Crippen molar-refractivity contribution in [2.75, 3.05) is 0 Å². The third-order valence-corrected chi connectivity index (χ3v) is 9.65. The van der Waals surface area contributed by atoms with Crippen LogP contribution in [0.3, 0.4) is 0 Å². The van der Waals surface area contributed by atoms with Gasteiger partial charge < -0.3 is 0 Å². The van der Waals surface area contributed by atoms with Gasteiger partial charge in [-0.25, -0.2) is 0 Å². The SMILES string of the molecule is CCCCCCCCCCCCc1cc(-c2ccc(C)cc2)c(CCCCCCCCCCCC)cc1-c1ccc(C)cc1. The lowest BCUT2D eigenvalue weighted by molar-refractivity contribution is 0.556. The molecule has 0 radical (unpaired) electrons. The Balaban J connectivity index is 1.68. The van der Waals surface area contributed by atoms with Crippen LogP contribution in [-0.2, 0) is 12.8 Å². The van der Waals surface area contributed by atoms with Gasteiger partial charge in [-0.05, 0) is 72.9 Å². The second kappa shape index (κ2) is 22.2. The van der Waals surface area contributed by atoms with E-state index >= 15 is 0 Å². The van der Waals surface area contributed by atoms with Gasteiger partial charge in [0.1, 0.15) is 0 Å². The molecule has 0 aliphatic carbocycles. The van der Waals surface area contributed by atoms with Gasteiger partial charge in [0.25, 0.3) is 0 Å². The highest BCUT2D eigenvalue weighted by Crippen LogP contribution is 2.35. The van der Waals surface area contributed by atoms with Gasteiger partial charge in [0.15, 0.2) is 0 Å². The first-order chi connectivity index (χ1) is 21.6. The van der Waals surface area contributed by atoms with E-state index in [1.807, 2.05) is 0 Å². The standard InChI is InChI=1S/C44H66/c1-5-7-9-11-13-15-17-19-21-23-25-41-35-44(40-33-29-38(4)30-34-40)42(36-43(41)39-31-27-37(3)28-32-39)26-24-22-20-18-16-14-12-10-8-6-2/h27-36H,5-26H2,1-4H3. The molecule has 0 bridgehead atoms. The lowest BCUT2D eigenvalue weighted by atomic mass is 9.86. The molecule has 0 heterocycles. The van der Waals surface area contributed by atoms with E-state index in [0.717, 1.165) is 0 Å². The lowest BCUT2D eigenvalue weighted by Gasteiger charge is -2.18. The van der Waals surface area contributed by atoms with Crippen LogP contribution in [0.15, 0.2) is 60.7 Å². The summed E-state index contributed by atoms with van der Waals surface area (Å²) in [6.45, 7) is 9.01. The molecule has 0 heteroatoms. The maximum atomic E-state index is 2.58. The van der Waals surface area contributed by atoms with Crippen molar-refractivity contribution in [1.82, 2.24) is 0 Å². The van der Waals surface area contributed by atoms with E-state index in [-0.39, 0.29) is 0 Å². The fourth-order valence-electron chi connectivity index (χ4n) is 6.71. The summed E-state index contributed by atoms with van der Waals surface area (Å²) in [6, 6.07) is 23.7. The predicted molar refractivity (Wildman–Crippen MR) is 198 cm³/mol. The Kier molecular flexibility index (Phi) is 18.2. The Morgan fingerprint density at radius 2 is 0.614 bits per heavy atom. The Morgan fingerprint density at radius 1 is 0.341 bits per heavy atom. The summed E-state index contributed by atoms with van der Waals surface area (Å²) in [5.74, 6) is 0. The van der Waals surface area contributed by atoms with Crippen molar-refractivity contribution in [1.29, 1.82) is 0 Å². The van der Waals surface area contributed by atoms with E-state index in [9.17, 15) is 0 Å². The van der Waals surface area contributed by atoms with Crippen LogP contribution in [-0.4, -0.2) is 0 Å². The average Bonchev–Trinajstić information content (AvgIpc) is 3.04. The van der Waals surface area contributed by atoms with E-state index in [0.29, 0.717) is 0 Å². The predicted octanol–water partition coefficient (Wildman–Crippen LogP) is 14.6. The van der Waals surface area contributed by atoms with Crippen LogP contribution in [0.5, 0.6) is 0 Å². The minimum Gasteiger partial charge on any atom is -0.0654 e. The maximum Gasteiger partial charge on any atom is -0.0149 e. The molecule has 0 aliphatic heterocycles. The minimum atomic E-state index is 1.18. The number of hydrogen-bond acceptors (Lipinski definition) is 0. The van der Waals surface area contributed by atoms with Crippen LogP contribution in [0.4, 0.5) is 0 Å². The number of rotatable bonds is 24. The summed E-state index contributed by atoms with van der Waals surface area (Å²) in [4.78, 5) is 0. The van der Waals surface area contributed by atoms with Crippen molar-refractivity contribution >= 4 is 0 Å². The van der Waals surface area contributed by atoms with Crippen LogP contribution in [0.1, 0.15) is 165 Å². The molecule has 0 aromatic heterocycles. The van der Waals surface area contributed by atoms with Gasteiger partial charge in [0, 0.05) is 0 Å². The minimum absolute atomic E-state index is 1.18. The normalized spacial score (nSPS) is 11.4. The molecule has 242 valence electrons. The number of benzene rings is 3. The second-order valence-electron chi connectivity index (χ2n) is 13.8. The van der Waals surface area contributed by atoms with Gasteiger partial charge in [-0.2, -0.15) is 0 Å². The Hall–Kier alpha value is -2.34. The van der Waals surface area contributed by atoms with Crippen LogP contribution in [0.25, 0.3) is 22.3 Å². The van der Waals surface area contributed by atoms with E-state index < -0.39 is 0 Å². The zero-order valence-corrected chi connectivity index (χ0v) is 29.3. The smallest absolute Gasteiger partial charge is 0.0149 e. The van der Waals surface area contributed by atoms with Gasteiger partial charge >= 0.3 is 0 Å². The van der Waals surface area contributed by atoms with Gasteiger partial charge in [-0.15, -0.1) is 0 Å². The summed E-state index contributed by atoms with van der Waals surface area (Å²) >= 11 is 0. The second-order valence-corrected chi connectivity index (χ2v) is 13.8. The zero-order valence-electron chi connectivity index (χ0n) is 29.3. The largest absolute Gasteiger partial charge is 0.0654 e. The lowest BCUT2D eigenvalue weighted by Crippen LogP contribution is -1.99. The topological polar surface area (TPSA) is 0 Å². The molecule has 0 spiro atoms. The molecule has 44 heavy (non-hydrogen) atoms. The molecule has 0 saturated carbocycles. The first kappa shape index (κ1) is 36.1. The van der Waals surface area contributed by atoms with Gasteiger partial charge in [-0.3, -0.25) is 0 Å². The maximum absolute atomic E-state index is 2.58. The van der Waals surface area contributed by atoms with Crippen molar-refractivity contribution in [2.24, 2.45) is 0 Å². The highest BCUT2D eigenvalue weighted by Gasteiger charge is 2.14. The number of aryl methyl sites for hydroxylation is 4. The molecule has 0 N–H and O–H groups in total. The highest BCUT2D eigenvalue weighted by atomic mass is 14.2. The van der Waals surface area contributed by atoms with Gasteiger partial charge in [0.2, 0.25) is 0 Å². The first-order valence-corrected chi connectivity index (χ1v) is 18.9. The van der Waals surface area contributed by atoms with E-state index in [1.165, 1.54) is 186 Å². The molecule has 3 rings (SSSR count). The summed E-state index contributed by atoms with van der Waals surface area (Å²) in [5, 5.41) is 0. The Bertz CT molecular complexity index is 1040. The quantitative estimate of drug-likeness (QED) is 0.0905. The number of unbranched alkanes of at least 4 members (excludes halogenated alkanes) is 18. The summed E-state index contributed by atoms with van der Waals surface area (Å²) < 4.78 is 0. The fraction of sp³-hybridized carbons (Fsp3) is 0.591. The molecular weight excluding hydrogens is 528 g/mol. The van der Waals surface area contributed by atoms with E-state index in [1.54, 1.807) is 0 Å². The van der Waals surface area contributed by atoms with E-state index in [2.05, 4.69) is 88.4 Å². The Morgan fingerprint density at radius 3 is 0.909 bits per heavy atom. The molecule has 0 fully saturated rings. The monoisotopic (exact) mass is 595 g/mol. The molecule has 0 saturated heterocycles. The van der Waals surface area contributed by atoms with Crippen molar-refractivity contribution in [3.8, 4) is 22.3 Å². The highest BCUT2D eigenvalue weighted by molar-refractivity contribution is 5.77. The first-order valence-electron chi connectivity index (χ1n) is 18.9. The third kappa shape index (κ3) is 13.7. The van der Waals surface area contributed by atoms with Crippen LogP contribution in [0, 0.1) is 13.8 Å². The van der Waals surface area contributed by atoms with E-state index in [4.69, 9.17) is 0 Å².